The molecule has 2 nitrogen and oxygen atoms in total. The van der Waals surface area contributed by atoms with E-state index in [4.69, 9.17) is 0 Å². The fraction of sp³-hybridized carbons (Fsp3) is 0.375. The van der Waals surface area contributed by atoms with Gasteiger partial charge in [-0.1, -0.05) is 36.4 Å². The molecule has 1 unspecified atom stereocenters. The number of allylic oxidation sites excluding steroid dienone is 1. The van der Waals surface area contributed by atoms with E-state index in [-0.39, 0.29) is 0 Å². The average Bonchev–Trinajstić information content (AvgIpc) is 2.95. The third-order valence-corrected chi connectivity index (χ3v) is 3.80. The molecule has 3 rings (SSSR count). The lowest BCUT2D eigenvalue weighted by atomic mass is 9.96. The molecule has 1 fully saturated rings. The fourth-order valence-electron chi connectivity index (χ4n) is 2.72. The summed E-state index contributed by atoms with van der Waals surface area (Å²) >= 11 is 0. The summed E-state index contributed by atoms with van der Waals surface area (Å²) < 4.78 is 0. The highest BCUT2D eigenvalue weighted by atomic mass is 15.1. The first kappa shape index (κ1) is 11.5. The molecular weight excluding hydrogens is 220 g/mol. The molecule has 0 amide bonds. The molecule has 0 saturated carbocycles. The second-order valence-electron chi connectivity index (χ2n) is 5.12. The molecule has 2 aliphatic rings. The first-order valence-corrected chi connectivity index (χ1v) is 6.79. The zero-order valence-corrected chi connectivity index (χ0v) is 10.7. The van der Waals surface area contributed by atoms with E-state index in [0.29, 0.717) is 0 Å². The van der Waals surface area contributed by atoms with Gasteiger partial charge in [-0.05, 0) is 42.3 Å². The van der Waals surface area contributed by atoms with Gasteiger partial charge in [-0.3, -0.25) is 0 Å². The Kier molecular flexibility index (Phi) is 3.47. The number of nitrogens with one attached hydrogen (secondary N) is 1. The van der Waals surface area contributed by atoms with Crippen molar-refractivity contribution in [1.29, 1.82) is 0 Å². The Labute approximate surface area is 109 Å². The van der Waals surface area contributed by atoms with Crippen molar-refractivity contribution in [3.05, 3.63) is 59.8 Å². The number of hydrogen-bond donors (Lipinski definition) is 1. The van der Waals surface area contributed by atoms with Gasteiger partial charge in [0.05, 0.1) is 0 Å². The van der Waals surface area contributed by atoms with Gasteiger partial charge in [0.1, 0.15) is 0 Å². The van der Waals surface area contributed by atoms with Crippen LogP contribution in [0.5, 0.6) is 0 Å². The predicted molar refractivity (Wildman–Crippen MR) is 75.1 cm³/mol. The van der Waals surface area contributed by atoms with Crippen LogP contribution in [0.1, 0.15) is 12.0 Å². The molecule has 94 valence electrons. The van der Waals surface area contributed by atoms with Crippen LogP contribution >= 0.6 is 0 Å². The monoisotopic (exact) mass is 240 g/mol. The van der Waals surface area contributed by atoms with Gasteiger partial charge in [0, 0.05) is 19.6 Å². The van der Waals surface area contributed by atoms with Crippen LogP contribution in [0.3, 0.4) is 0 Å². The van der Waals surface area contributed by atoms with E-state index in [2.05, 4.69) is 58.9 Å². The third kappa shape index (κ3) is 2.65. The van der Waals surface area contributed by atoms with Crippen molar-refractivity contribution in [2.24, 2.45) is 5.92 Å². The molecule has 0 aliphatic carbocycles. The minimum Gasteiger partial charge on any atom is -0.369 e. The molecule has 0 radical (unpaired) electrons. The first-order valence-electron chi connectivity index (χ1n) is 6.79. The number of hydrogen-bond acceptors (Lipinski definition) is 2. The van der Waals surface area contributed by atoms with Gasteiger partial charge in [-0.15, -0.1) is 0 Å². The molecular formula is C16H20N2. The standard InChI is InChI=1S/C16H20N2/c1-2-4-14(5-3-1)13-18-10-7-15(8-11-18)16-6-9-17-12-16/h1-5,7-8,10,16-17H,6,9,11-13H2. The van der Waals surface area contributed by atoms with E-state index < -0.39 is 0 Å². The van der Waals surface area contributed by atoms with Crippen molar-refractivity contribution in [3.63, 3.8) is 0 Å². The Hall–Kier alpha value is -1.54. The first-order chi connectivity index (χ1) is 8.92. The molecule has 0 spiro atoms. The van der Waals surface area contributed by atoms with Crippen molar-refractivity contribution in [1.82, 2.24) is 10.2 Å². The summed E-state index contributed by atoms with van der Waals surface area (Å²) in [5, 5.41) is 3.43. The summed E-state index contributed by atoms with van der Waals surface area (Å²) in [5.74, 6) is 0.736. The van der Waals surface area contributed by atoms with E-state index in [1.54, 1.807) is 0 Å². The maximum Gasteiger partial charge on any atom is 0.0427 e. The van der Waals surface area contributed by atoms with Gasteiger partial charge in [0.2, 0.25) is 0 Å². The zero-order chi connectivity index (χ0) is 12.2. The van der Waals surface area contributed by atoms with Gasteiger partial charge in [-0.25, -0.2) is 0 Å². The zero-order valence-electron chi connectivity index (χ0n) is 10.7. The minimum absolute atomic E-state index is 0.736. The van der Waals surface area contributed by atoms with Crippen molar-refractivity contribution in [3.8, 4) is 0 Å². The summed E-state index contributed by atoms with van der Waals surface area (Å²) in [6.45, 7) is 4.36. The highest BCUT2D eigenvalue weighted by molar-refractivity contribution is 5.27. The lowest BCUT2D eigenvalue weighted by molar-refractivity contribution is 0.400. The molecule has 2 heterocycles. The van der Waals surface area contributed by atoms with Crippen LogP contribution in [-0.2, 0) is 6.54 Å². The largest absolute Gasteiger partial charge is 0.369 e. The second-order valence-corrected chi connectivity index (χ2v) is 5.12. The summed E-state index contributed by atoms with van der Waals surface area (Å²) in [6, 6.07) is 10.7. The quantitative estimate of drug-likeness (QED) is 0.873. The molecule has 1 saturated heterocycles. The lowest BCUT2D eigenvalue weighted by Gasteiger charge is -2.24. The summed E-state index contributed by atoms with van der Waals surface area (Å²) in [4.78, 5) is 2.36. The second kappa shape index (κ2) is 5.40. The van der Waals surface area contributed by atoms with Crippen molar-refractivity contribution in [2.45, 2.75) is 13.0 Å². The lowest BCUT2D eigenvalue weighted by Crippen LogP contribution is -2.21. The van der Waals surface area contributed by atoms with Crippen molar-refractivity contribution >= 4 is 0 Å². The van der Waals surface area contributed by atoms with E-state index in [9.17, 15) is 0 Å². The Morgan fingerprint density at radius 1 is 1.22 bits per heavy atom. The number of rotatable bonds is 3. The Bertz CT molecular complexity index is 441. The maximum atomic E-state index is 3.43. The molecule has 1 aromatic carbocycles. The smallest absolute Gasteiger partial charge is 0.0427 e. The van der Waals surface area contributed by atoms with Gasteiger partial charge in [0.25, 0.3) is 0 Å². The van der Waals surface area contributed by atoms with Crippen LogP contribution in [0.25, 0.3) is 0 Å². The van der Waals surface area contributed by atoms with Gasteiger partial charge in [0.15, 0.2) is 0 Å². The molecule has 18 heavy (non-hydrogen) atoms. The van der Waals surface area contributed by atoms with Gasteiger partial charge in [-0.2, -0.15) is 0 Å². The maximum absolute atomic E-state index is 3.43. The molecule has 1 N–H and O–H groups in total. The van der Waals surface area contributed by atoms with Gasteiger partial charge >= 0.3 is 0 Å². The normalized spacial score (nSPS) is 23.2. The number of benzene rings is 1. The van der Waals surface area contributed by atoms with E-state index in [1.807, 2.05) is 0 Å². The van der Waals surface area contributed by atoms with E-state index in [1.165, 1.54) is 24.1 Å². The average molecular weight is 240 g/mol. The van der Waals surface area contributed by atoms with Crippen LogP contribution < -0.4 is 5.32 Å². The van der Waals surface area contributed by atoms with E-state index in [0.717, 1.165) is 25.6 Å². The Morgan fingerprint density at radius 3 is 2.78 bits per heavy atom. The molecule has 1 atom stereocenters. The third-order valence-electron chi connectivity index (χ3n) is 3.80. The number of nitrogens with zero attached hydrogens (tertiary/aromatic N) is 1. The van der Waals surface area contributed by atoms with Crippen LogP contribution in [0.2, 0.25) is 0 Å². The summed E-state index contributed by atoms with van der Waals surface area (Å²) in [7, 11) is 0. The highest BCUT2D eigenvalue weighted by Gasteiger charge is 2.18. The van der Waals surface area contributed by atoms with E-state index >= 15 is 0 Å². The van der Waals surface area contributed by atoms with Gasteiger partial charge < -0.3 is 10.2 Å². The SMILES string of the molecule is C1=CN(Cc2ccccc2)CC=C1C1CCNC1. The fourth-order valence-corrected chi connectivity index (χ4v) is 2.72. The van der Waals surface area contributed by atoms with Crippen LogP contribution in [0.4, 0.5) is 0 Å². The van der Waals surface area contributed by atoms with Crippen LogP contribution in [-0.4, -0.2) is 24.5 Å². The molecule has 1 aromatic rings. The van der Waals surface area contributed by atoms with Crippen LogP contribution in [0, 0.1) is 5.92 Å². The molecule has 2 heteroatoms. The molecule has 2 aliphatic heterocycles. The topological polar surface area (TPSA) is 15.3 Å². The Morgan fingerprint density at radius 2 is 2.11 bits per heavy atom. The van der Waals surface area contributed by atoms with Crippen LogP contribution in [0.15, 0.2) is 54.3 Å². The highest BCUT2D eigenvalue weighted by Crippen LogP contribution is 2.22. The Balaban J connectivity index is 1.58. The minimum atomic E-state index is 0.736. The van der Waals surface area contributed by atoms with Crippen molar-refractivity contribution < 1.29 is 0 Å². The van der Waals surface area contributed by atoms with Crippen molar-refractivity contribution in [2.75, 3.05) is 19.6 Å². The summed E-state index contributed by atoms with van der Waals surface area (Å²) in [5.41, 5.74) is 2.89. The molecule has 0 aromatic heterocycles. The molecule has 0 bridgehead atoms. The summed E-state index contributed by atoms with van der Waals surface area (Å²) in [6.07, 6.45) is 8.22. The predicted octanol–water partition coefficient (Wildman–Crippen LogP) is 2.55.